The Morgan fingerprint density at radius 2 is 1.57 bits per heavy atom. The topological polar surface area (TPSA) is 68.0 Å². The third-order valence-corrected chi connectivity index (χ3v) is 3.06. The number of anilines is 1. The highest BCUT2D eigenvalue weighted by atomic mass is 19.1. The average Bonchev–Trinajstić information content (AvgIpc) is 2.97. The lowest BCUT2D eigenvalue weighted by Crippen LogP contribution is -2.12. The van der Waals surface area contributed by atoms with Crippen LogP contribution in [0.3, 0.4) is 0 Å². The van der Waals surface area contributed by atoms with E-state index in [0.29, 0.717) is 6.42 Å². The summed E-state index contributed by atoms with van der Waals surface area (Å²) in [7, 11) is 0. The Hall–Kier alpha value is -3.09. The van der Waals surface area contributed by atoms with Crippen LogP contribution in [0.5, 0.6) is 0 Å². The Kier molecular flexibility index (Phi) is 4.09. The van der Waals surface area contributed by atoms with Crippen LogP contribution in [0.1, 0.15) is 21.8 Å². The van der Waals surface area contributed by atoms with Crippen molar-refractivity contribution >= 4 is 11.9 Å². The van der Waals surface area contributed by atoms with Crippen LogP contribution in [-0.4, -0.2) is 16.1 Å². The SMILES string of the molecule is O=C(Nc1nnc(Cc2ccc(F)cc2)o1)c1ccc(F)cc1. The van der Waals surface area contributed by atoms with Crippen LogP contribution in [0.4, 0.5) is 14.8 Å². The van der Waals surface area contributed by atoms with Crippen molar-refractivity contribution in [2.45, 2.75) is 6.42 Å². The summed E-state index contributed by atoms with van der Waals surface area (Å²) >= 11 is 0. The summed E-state index contributed by atoms with van der Waals surface area (Å²) in [6.45, 7) is 0. The number of halogens is 2. The van der Waals surface area contributed by atoms with Crippen molar-refractivity contribution in [1.29, 1.82) is 0 Å². The van der Waals surface area contributed by atoms with Gasteiger partial charge < -0.3 is 4.42 Å². The number of nitrogens with zero attached hydrogens (tertiary/aromatic N) is 2. The molecule has 2 aromatic carbocycles. The van der Waals surface area contributed by atoms with E-state index >= 15 is 0 Å². The number of hydrogen-bond acceptors (Lipinski definition) is 4. The number of carbonyl (C=O) groups excluding carboxylic acids is 1. The van der Waals surface area contributed by atoms with Gasteiger partial charge in [-0.25, -0.2) is 8.78 Å². The van der Waals surface area contributed by atoms with Gasteiger partial charge in [-0.2, -0.15) is 0 Å². The van der Waals surface area contributed by atoms with Crippen LogP contribution >= 0.6 is 0 Å². The molecule has 5 nitrogen and oxygen atoms in total. The molecule has 0 aliphatic rings. The minimum atomic E-state index is -0.484. The van der Waals surface area contributed by atoms with Gasteiger partial charge in [-0.1, -0.05) is 17.2 Å². The van der Waals surface area contributed by atoms with E-state index in [1.54, 1.807) is 12.1 Å². The Bertz CT molecular complexity index is 814. The predicted molar refractivity (Wildman–Crippen MR) is 77.9 cm³/mol. The monoisotopic (exact) mass is 315 g/mol. The van der Waals surface area contributed by atoms with Gasteiger partial charge in [0.1, 0.15) is 11.6 Å². The molecule has 0 fully saturated rings. The maximum Gasteiger partial charge on any atom is 0.322 e. The lowest BCUT2D eigenvalue weighted by Gasteiger charge is -2.00. The maximum atomic E-state index is 12.8. The van der Waals surface area contributed by atoms with Crippen molar-refractivity contribution < 1.29 is 18.0 Å². The van der Waals surface area contributed by atoms with Gasteiger partial charge >= 0.3 is 6.01 Å². The van der Waals surface area contributed by atoms with Crippen molar-refractivity contribution in [3.8, 4) is 0 Å². The van der Waals surface area contributed by atoms with Crippen molar-refractivity contribution in [2.75, 3.05) is 5.32 Å². The molecule has 0 saturated carbocycles. The molecule has 116 valence electrons. The van der Waals surface area contributed by atoms with E-state index in [1.807, 2.05) is 0 Å². The van der Waals surface area contributed by atoms with Crippen LogP contribution in [0.2, 0.25) is 0 Å². The van der Waals surface area contributed by atoms with Crippen LogP contribution in [0.15, 0.2) is 52.9 Å². The second-order valence-electron chi connectivity index (χ2n) is 4.77. The zero-order valence-electron chi connectivity index (χ0n) is 11.8. The molecule has 7 heteroatoms. The van der Waals surface area contributed by atoms with Crippen molar-refractivity contribution in [1.82, 2.24) is 10.2 Å². The number of hydrogen-bond donors (Lipinski definition) is 1. The minimum absolute atomic E-state index is 0.0589. The van der Waals surface area contributed by atoms with Gasteiger partial charge in [0.05, 0.1) is 6.42 Å². The minimum Gasteiger partial charge on any atom is -0.407 e. The van der Waals surface area contributed by atoms with E-state index in [1.165, 1.54) is 36.4 Å². The van der Waals surface area contributed by atoms with Gasteiger partial charge in [0, 0.05) is 5.56 Å². The summed E-state index contributed by atoms with van der Waals surface area (Å²) < 4.78 is 31.0. The van der Waals surface area contributed by atoms with Gasteiger partial charge in [0.25, 0.3) is 5.91 Å². The highest BCUT2D eigenvalue weighted by Gasteiger charge is 2.12. The summed E-state index contributed by atoms with van der Waals surface area (Å²) in [4.78, 5) is 11.9. The molecule has 1 aromatic heterocycles. The first kappa shape index (κ1) is 14.8. The first-order valence-corrected chi connectivity index (χ1v) is 6.74. The average molecular weight is 315 g/mol. The van der Waals surface area contributed by atoms with Gasteiger partial charge in [0.2, 0.25) is 5.89 Å². The summed E-state index contributed by atoms with van der Waals surface area (Å²) in [5.74, 6) is -0.958. The number of amides is 1. The number of aromatic nitrogens is 2. The van der Waals surface area contributed by atoms with E-state index in [4.69, 9.17) is 4.42 Å². The second-order valence-corrected chi connectivity index (χ2v) is 4.77. The van der Waals surface area contributed by atoms with E-state index in [0.717, 1.165) is 5.56 Å². The van der Waals surface area contributed by atoms with Crippen LogP contribution < -0.4 is 5.32 Å². The Morgan fingerprint density at radius 3 is 2.22 bits per heavy atom. The Balaban J connectivity index is 1.66. The number of nitrogens with one attached hydrogen (secondary N) is 1. The fraction of sp³-hybridized carbons (Fsp3) is 0.0625. The van der Waals surface area contributed by atoms with Gasteiger partial charge in [-0.15, -0.1) is 5.10 Å². The maximum absolute atomic E-state index is 12.8. The lowest BCUT2D eigenvalue weighted by molar-refractivity contribution is 0.102. The normalized spacial score (nSPS) is 10.5. The molecule has 3 rings (SSSR count). The first-order valence-electron chi connectivity index (χ1n) is 6.74. The van der Waals surface area contributed by atoms with E-state index in [-0.39, 0.29) is 23.3 Å². The van der Waals surface area contributed by atoms with Crippen molar-refractivity contribution in [3.63, 3.8) is 0 Å². The molecular weight excluding hydrogens is 304 g/mol. The van der Waals surface area contributed by atoms with Crippen molar-refractivity contribution in [2.24, 2.45) is 0 Å². The highest BCUT2D eigenvalue weighted by Crippen LogP contribution is 2.13. The molecule has 3 aromatic rings. The van der Waals surface area contributed by atoms with Gasteiger partial charge in [0.15, 0.2) is 0 Å². The summed E-state index contributed by atoms with van der Waals surface area (Å²) in [6, 6.07) is 10.9. The van der Waals surface area contributed by atoms with E-state index < -0.39 is 11.7 Å². The largest absolute Gasteiger partial charge is 0.407 e. The quantitative estimate of drug-likeness (QED) is 0.803. The smallest absolute Gasteiger partial charge is 0.322 e. The summed E-state index contributed by atoms with van der Waals surface area (Å²) in [5, 5.41) is 9.96. The molecule has 0 aliphatic heterocycles. The van der Waals surface area contributed by atoms with Gasteiger partial charge in [-0.3, -0.25) is 10.1 Å². The third kappa shape index (κ3) is 3.76. The molecule has 0 bridgehead atoms. The van der Waals surface area contributed by atoms with Crippen LogP contribution in [0, 0.1) is 11.6 Å². The van der Waals surface area contributed by atoms with Crippen LogP contribution in [0.25, 0.3) is 0 Å². The second kappa shape index (κ2) is 6.35. The fourth-order valence-corrected chi connectivity index (χ4v) is 1.92. The molecule has 0 saturated heterocycles. The number of benzene rings is 2. The molecule has 1 N–H and O–H groups in total. The molecule has 0 aliphatic carbocycles. The standard InChI is InChI=1S/C16H11F2N3O2/c17-12-5-1-10(2-6-12)9-14-20-21-16(23-14)19-15(22)11-3-7-13(18)8-4-11/h1-8H,9H2,(H,19,21,22). The first-order chi connectivity index (χ1) is 11.1. The summed E-state index contributed by atoms with van der Waals surface area (Å²) in [6.07, 6.45) is 0.319. The summed E-state index contributed by atoms with van der Waals surface area (Å²) in [5.41, 5.74) is 1.07. The molecule has 23 heavy (non-hydrogen) atoms. The molecule has 0 atom stereocenters. The molecule has 0 spiro atoms. The molecular formula is C16H11F2N3O2. The highest BCUT2D eigenvalue weighted by molar-refractivity contribution is 6.03. The van der Waals surface area contributed by atoms with Gasteiger partial charge in [-0.05, 0) is 42.0 Å². The molecule has 1 amide bonds. The van der Waals surface area contributed by atoms with Crippen LogP contribution in [-0.2, 0) is 6.42 Å². The molecule has 0 radical (unpaired) electrons. The number of rotatable bonds is 4. The Morgan fingerprint density at radius 1 is 0.957 bits per heavy atom. The van der Waals surface area contributed by atoms with Crippen molar-refractivity contribution in [3.05, 3.63) is 77.2 Å². The van der Waals surface area contributed by atoms with E-state index in [9.17, 15) is 13.6 Å². The zero-order chi connectivity index (χ0) is 16.2. The zero-order valence-corrected chi connectivity index (χ0v) is 11.8. The Labute approximate surface area is 130 Å². The van der Waals surface area contributed by atoms with E-state index in [2.05, 4.69) is 15.5 Å². The predicted octanol–water partition coefficient (Wildman–Crippen LogP) is 3.19. The lowest BCUT2D eigenvalue weighted by atomic mass is 10.1. The number of carbonyl (C=O) groups is 1. The third-order valence-electron chi connectivity index (χ3n) is 3.06. The molecule has 0 unspecified atom stereocenters. The fourth-order valence-electron chi connectivity index (χ4n) is 1.92. The molecule has 1 heterocycles.